The highest BCUT2D eigenvalue weighted by Crippen LogP contribution is 2.39. The molecule has 0 aromatic carbocycles. The fraction of sp³-hybridized carbons (Fsp3) is 0.600. The van der Waals surface area contributed by atoms with Crippen LogP contribution < -0.4 is 10.2 Å². The van der Waals surface area contributed by atoms with Crippen molar-refractivity contribution in [1.29, 1.82) is 0 Å². The number of likely N-dealkylation sites (N-methyl/N-ethyl adjacent to an activating group) is 1. The molecule has 1 atom stereocenters. The fourth-order valence-electron chi connectivity index (χ4n) is 2.10. The minimum Gasteiger partial charge on any atom is -0.447 e. The van der Waals surface area contributed by atoms with E-state index in [2.05, 4.69) is 17.3 Å². The van der Waals surface area contributed by atoms with Gasteiger partial charge in [0.25, 0.3) is 0 Å². The molecule has 1 fully saturated rings. The molecule has 13 heavy (non-hydrogen) atoms. The third-order valence-electron chi connectivity index (χ3n) is 2.99. The van der Waals surface area contributed by atoms with Crippen molar-refractivity contribution >= 4 is 11.6 Å². The summed E-state index contributed by atoms with van der Waals surface area (Å²) in [6.07, 6.45) is 4.53. The van der Waals surface area contributed by atoms with E-state index in [0.29, 0.717) is 6.04 Å². The predicted octanol–water partition coefficient (Wildman–Crippen LogP) is 1.92. The Bertz CT molecular complexity index is 316. The minimum atomic E-state index is 0.634. The van der Waals surface area contributed by atoms with Crippen LogP contribution in [0, 0.1) is 5.92 Å². The lowest BCUT2D eigenvalue weighted by atomic mass is 10.1. The van der Waals surface area contributed by atoms with E-state index in [4.69, 9.17) is 4.42 Å². The van der Waals surface area contributed by atoms with Gasteiger partial charge in [0.05, 0.1) is 12.0 Å². The van der Waals surface area contributed by atoms with E-state index < -0.39 is 0 Å². The van der Waals surface area contributed by atoms with Crippen molar-refractivity contribution in [2.75, 3.05) is 23.8 Å². The maximum absolute atomic E-state index is 5.38. The molecule has 70 valence electrons. The van der Waals surface area contributed by atoms with Gasteiger partial charge in [0.1, 0.15) is 0 Å². The third kappa shape index (κ3) is 1.10. The number of rotatable bonds is 1. The quantitative estimate of drug-likeness (QED) is 0.712. The number of hydrogen-bond acceptors (Lipinski definition) is 3. The zero-order chi connectivity index (χ0) is 8.84. The maximum Gasteiger partial charge on any atom is 0.218 e. The van der Waals surface area contributed by atoms with Gasteiger partial charge in [0.2, 0.25) is 5.88 Å². The van der Waals surface area contributed by atoms with Crippen LogP contribution in [0.25, 0.3) is 0 Å². The molecule has 0 bridgehead atoms. The summed E-state index contributed by atoms with van der Waals surface area (Å²) >= 11 is 0. The summed E-state index contributed by atoms with van der Waals surface area (Å²) in [6, 6.07) is 2.65. The first-order valence-corrected chi connectivity index (χ1v) is 4.90. The third-order valence-corrected chi connectivity index (χ3v) is 2.99. The Labute approximate surface area is 77.7 Å². The second kappa shape index (κ2) is 2.44. The van der Waals surface area contributed by atoms with Crippen LogP contribution in [-0.4, -0.2) is 19.6 Å². The smallest absolute Gasteiger partial charge is 0.218 e. The Balaban J connectivity index is 1.88. The molecule has 1 unspecified atom stereocenters. The van der Waals surface area contributed by atoms with Crippen LogP contribution in [0.1, 0.15) is 12.8 Å². The average Bonchev–Trinajstić information content (AvgIpc) is 2.85. The van der Waals surface area contributed by atoms with Gasteiger partial charge in [-0.25, -0.2) is 0 Å². The molecule has 0 radical (unpaired) electrons. The molecule has 3 nitrogen and oxygen atoms in total. The van der Waals surface area contributed by atoms with Crippen molar-refractivity contribution in [3.63, 3.8) is 0 Å². The summed E-state index contributed by atoms with van der Waals surface area (Å²) in [7, 11) is 2.10. The molecule has 2 heterocycles. The second-order valence-corrected chi connectivity index (χ2v) is 4.11. The molecular weight excluding hydrogens is 164 g/mol. The lowest BCUT2D eigenvalue weighted by molar-refractivity contribution is 0.524. The summed E-state index contributed by atoms with van der Waals surface area (Å²) in [5, 5.41) is 3.53. The molecule has 3 heteroatoms. The molecule has 3 rings (SSSR count). The van der Waals surface area contributed by atoms with E-state index in [0.717, 1.165) is 24.0 Å². The number of hydrogen-bond donors (Lipinski definition) is 1. The Morgan fingerprint density at radius 2 is 2.38 bits per heavy atom. The number of nitrogens with zero attached hydrogens (tertiary/aromatic N) is 1. The van der Waals surface area contributed by atoms with Crippen molar-refractivity contribution in [3.8, 4) is 0 Å². The SMILES string of the molecule is CN1CC(C2CC2)Nc2ccoc21. The van der Waals surface area contributed by atoms with Gasteiger partial charge in [-0.15, -0.1) is 0 Å². The Morgan fingerprint density at radius 3 is 3.15 bits per heavy atom. The first-order valence-electron chi connectivity index (χ1n) is 4.90. The van der Waals surface area contributed by atoms with Gasteiger partial charge in [0.15, 0.2) is 0 Å². The van der Waals surface area contributed by atoms with Crippen molar-refractivity contribution in [2.24, 2.45) is 5.92 Å². The van der Waals surface area contributed by atoms with E-state index in [1.807, 2.05) is 6.07 Å². The standard InChI is InChI=1S/C10H14N2O/c1-12-6-9(7-2-3-7)11-8-4-5-13-10(8)12/h4-5,7,9,11H,2-3,6H2,1H3. The van der Waals surface area contributed by atoms with Crippen LogP contribution in [0.15, 0.2) is 16.7 Å². The summed E-state index contributed by atoms with van der Waals surface area (Å²) in [6.45, 7) is 1.07. The number of anilines is 2. The molecule has 0 amide bonds. The molecule has 1 aromatic rings. The molecule has 0 saturated heterocycles. The molecule has 0 spiro atoms. The highest BCUT2D eigenvalue weighted by atomic mass is 16.3. The van der Waals surface area contributed by atoms with Crippen LogP contribution in [-0.2, 0) is 0 Å². The van der Waals surface area contributed by atoms with Crippen molar-refractivity contribution in [2.45, 2.75) is 18.9 Å². The Morgan fingerprint density at radius 1 is 1.54 bits per heavy atom. The van der Waals surface area contributed by atoms with E-state index in [-0.39, 0.29) is 0 Å². The highest BCUT2D eigenvalue weighted by molar-refractivity contribution is 5.66. The zero-order valence-corrected chi connectivity index (χ0v) is 7.79. The van der Waals surface area contributed by atoms with Crippen LogP contribution >= 0.6 is 0 Å². The van der Waals surface area contributed by atoms with Gasteiger partial charge in [-0.3, -0.25) is 0 Å². The van der Waals surface area contributed by atoms with Crippen molar-refractivity contribution in [1.82, 2.24) is 0 Å². The molecule has 1 aromatic heterocycles. The van der Waals surface area contributed by atoms with E-state index in [9.17, 15) is 0 Å². The van der Waals surface area contributed by atoms with Crippen molar-refractivity contribution in [3.05, 3.63) is 12.3 Å². The van der Waals surface area contributed by atoms with Crippen LogP contribution in [0.5, 0.6) is 0 Å². The summed E-state index contributed by atoms with van der Waals surface area (Å²) < 4.78 is 5.38. The number of fused-ring (bicyclic) bond motifs is 1. The summed E-state index contributed by atoms with van der Waals surface area (Å²) in [5.41, 5.74) is 1.16. The maximum atomic E-state index is 5.38. The van der Waals surface area contributed by atoms with Crippen LogP contribution in [0.2, 0.25) is 0 Å². The van der Waals surface area contributed by atoms with E-state index in [1.165, 1.54) is 12.8 Å². The first kappa shape index (κ1) is 7.30. The molecule has 1 N–H and O–H groups in total. The summed E-state index contributed by atoms with van der Waals surface area (Å²) in [4.78, 5) is 2.20. The molecule has 1 aliphatic heterocycles. The van der Waals surface area contributed by atoms with E-state index >= 15 is 0 Å². The lowest BCUT2D eigenvalue weighted by Crippen LogP contribution is -2.40. The number of furan rings is 1. The normalized spacial score (nSPS) is 26.8. The van der Waals surface area contributed by atoms with Crippen LogP contribution in [0.3, 0.4) is 0 Å². The fourth-order valence-corrected chi connectivity index (χ4v) is 2.10. The first-order chi connectivity index (χ1) is 6.34. The van der Waals surface area contributed by atoms with Gasteiger partial charge < -0.3 is 14.6 Å². The minimum absolute atomic E-state index is 0.634. The van der Waals surface area contributed by atoms with Crippen LogP contribution in [0.4, 0.5) is 11.6 Å². The zero-order valence-electron chi connectivity index (χ0n) is 7.79. The Hall–Kier alpha value is -1.12. The molecule has 1 saturated carbocycles. The van der Waals surface area contributed by atoms with Gasteiger partial charge in [-0.2, -0.15) is 0 Å². The molecule has 1 aliphatic carbocycles. The molecule has 2 aliphatic rings. The largest absolute Gasteiger partial charge is 0.447 e. The van der Waals surface area contributed by atoms with Gasteiger partial charge in [-0.1, -0.05) is 0 Å². The lowest BCUT2D eigenvalue weighted by Gasteiger charge is -2.31. The van der Waals surface area contributed by atoms with E-state index in [1.54, 1.807) is 6.26 Å². The molecular formula is C10H14N2O. The highest BCUT2D eigenvalue weighted by Gasteiger charge is 2.35. The van der Waals surface area contributed by atoms with Crippen molar-refractivity contribution < 1.29 is 4.42 Å². The Kier molecular flexibility index (Phi) is 1.37. The monoisotopic (exact) mass is 178 g/mol. The second-order valence-electron chi connectivity index (χ2n) is 4.11. The average molecular weight is 178 g/mol. The predicted molar refractivity (Wildman–Crippen MR) is 52.1 cm³/mol. The topological polar surface area (TPSA) is 28.4 Å². The summed E-state index contributed by atoms with van der Waals surface area (Å²) in [5.74, 6) is 1.88. The van der Waals surface area contributed by atoms with Gasteiger partial charge in [-0.05, 0) is 18.8 Å². The van der Waals surface area contributed by atoms with Gasteiger partial charge >= 0.3 is 0 Å². The van der Waals surface area contributed by atoms with Gasteiger partial charge in [0, 0.05) is 25.7 Å². The number of nitrogens with one attached hydrogen (secondary N) is 1.